The third-order valence-corrected chi connectivity index (χ3v) is 5.30. The molecule has 1 heterocycles. The maximum Gasteiger partial charge on any atom is 0.471 e. The van der Waals surface area contributed by atoms with Crippen molar-refractivity contribution in [1.82, 2.24) is 4.90 Å². The molecule has 0 radical (unpaired) electrons. The van der Waals surface area contributed by atoms with Crippen LogP contribution in [-0.2, 0) is 4.79 Å². The van der Waals surface area contributed by atoms with Crippen LogP contribution in [-0.4, -0.2) is 29.1 Å². The standard InChI is InChI=1S/C14H20F3NO/c15-14(16,17)13(19)18-11-7-3-1-5-9(11)10-6-2-4-8-12(10)18/h9-12H,1-8H2. The molecule has 0 bridgehead atoms. The molecule has 1 saturated heterocycles. The van der Waals surface area contributed by atoms with Crippen LogP contribution in [0.1, 0.15) is 51.4 Å². The summed E-state index contributed by atoms with van der Waals surface area (Å²) in [7, 11) is 0. The lowest BCUT2D eigenvalue weighted by Crippen LogP contribution is -2.49. The highest BCUT2D eigenvalue weighted by Gasteiger charge is 2.56. The monoisotopic (exact) mass is 275 g/mol. The Labute approximate surface area is 111 Å². The Balaban J connectivity index is 1.90. The summed E-state index contributed by atoms with van der Waals surface area (Å²) in [5.41, 5.74) is 0. The summed E-state index contributed by atoms with van der Waals surface area (Å²) in [6.07, 6.45) is 2.97. The molecule has 3 rings (SSSR count). The van der Waals surface area contributed by atoms with E-state index in [0.29, 0.717) is 11.8 Å². The third-order valence-electron chi connectivity index (χ3n) is 5.30. The second kappa shape index (κ2) is 4.67. The van der Waals surface area contributed by atoms with Gasteiger partial charge >= 0.3 is 12.1 Å². The Hall–Kier alpha value is -0.740. The highest BCUT2D eigenvalue weighted by atomic mass is 19.4. The molecule has 0 aromatic heterocycles. The maximum atomic E-state index is 12.8. The fraction of sp³-hybridized carbons (Fsp3) is 0.929. The Kier molecular flexibility index (Phi) is 3.26. The molecule has 0 aromatic carbocycles. The third kappa shape index (κ3) is 2.15. The van der Waals surface area contributed by atoms with Crippen molar-refractivity contribution in [1.29, 1.82) is 0 Å². The van der Waals surface area contributed by atoms with E-state index in [2.05, 4.69) is 0 Å². The number of fused-ring (bicyclic) bond motifs is 3. The van der Waals surface area contributed by atoms with Crippen molar-refractivity contribution in [3.63, 3.8) is 0 Å². The Morgan fingerprint density at radius 1 is 0.842 bits per heavy atom. The summed E-state index contributed by atoms with van der Waals surface area (Å²) in [6, 6.07) is -0.285. The lowest BCUT2D eigenvalue weighted by atomic mass is 9.73. The first kappa shape index (κ1) is 13.3. The fourth-order valence-electron chi connectivity index (χ4n) is 4.66. The summed E-state index contributed by atoms with van der Waals surface area (Å²) in [5, 5.41) is 0. The number of amides is 1. The summed E-state index contributed by atoms with van der Waals surface area (Å²) in [4.78, 5) is 13.0. The van der Waals surface area contributed by atoms with Crippen molar-refractivity contribution in [2.24, 2.45) is 11.8 Å². The lowest BCUT2D eigenvalue weighted by molar-refractivity contribution is -0.189. The zero-order chi connectivity index (χ0) is 13.6. The largest absolute Gasteiger partial charge is 0.471 e. The Morgan fingerprint density at radius 3 is 1.68 bits per heavy atom. The Morgan fingerprint density at radius 2 is 1.26 bits per heavy atom. The van der Waals surface area contributed by atoms with Crippen molar-refractivity contribution < 1.29 is 18.0 Å². The van der Waals surface area contributed by atoms with Gasteiger partial charge in [-0.2, -0.15) is 13.2 Å². The molecule has 0 spiro atoms. The van der Waals surface area contributed by atoms with E-state index in [4.69, 9.17) is 0 Å². The van der Waals surface area contributed by atoms with Gasteiger partial charge in [-0.3, -0.25) is 4.79 Å². The molecule has 5 heteroatoms. The minimum Gasteiger partial charge on any atom is -0.328 e. The number of hydrogen-bond donors (Lipinski definition) is 0. The minimum absolute atomic E-state index is 0.143. The first-order chi connectivity index (χ1) is 9.00. The van der Waals surface area contributed by atoms with E-state index in [0.717, 1.165) is 51.4 Å². The first-order valence-electron chi connectivity index (χ1n) is 7.39. The number of alkyl halides is 3. The van der Waals surface area contributed by atoms with Crippen LogP contribution in [0, 0.1) is 11.8 Å². The SMILES string of the molecule is O=C(N1C2CCCCC2C2CCCCC21)C(F)(F)F. The summed E-state index contributed by atoms with van der Waals surface area (Å²) >= 11 is 0. The van der Waals surface area contributed by atoms with Crippen LogP contribution in [0.5, 0.6) is 0 Å². The van der Waals surface area contributed by atoms with Crippen molar-refractivity contribution in [3.8, 4) is 0 Å². The summed E-state index contributed by atoms with van der Waals surface area (Å²) in [5.74, 6) is -0.936. The number of rotatable bonds is 0. The van der Waals surface area contributed by atoms with Gasteiger partial charge in [-0.05, 0) is 37.5 Å². The van der Waals surface area contributed by atoms with Crippen molar-refractivity contribution in [3.05, 3.63) is 0 Å². The van der Waals surface area contributed by atoms with Crippen LogP contribution in [0.3, 0.4) is 0 Å². The van der Waals surface area contributed by atoms with Gasteiger partial charge in [0.05, 0.1) is 0 Å². The van der Waals surface area contributed by atoms with E-state index in [9.17, 15) is 18.0 Å². The van der Waals surface area contributed by atoms with Crippen LogP contribution in [0.15, 0.2) is 0 Å². The van der Waals surface area contributed by atoms with E-state index in [1.165, 1.54) is 4.90 Å². The fourth-order valence-corrected chi connectivity index (χ4v) is 4.66. The van der Waals surface area contributed by atoms with Crippen LogP contribution in [0.25, 0.3) is 0 Å². The number of likely N-dealkylation sites (tertiary alicyclic amines) is 1. The predicted molar refractivity (Wildman–Crippen MR) is 64.4 cm³/mol. The summed E-state index contributed by atoms with van der Waals surface area (Å²) < 4.78 is 38.5. The topological polar surface area (TPSA) is 20.3 Å². The van der Waals surface area contributed by atoms with Gasteiger partial charge in [0.2, 0.25) is 0 Å². The average Bonchev–Trinajstić information content (AvgIpc) is 2.71. The molecule has 1 aliphatic heterocycles. The second-order valence-corrected chi connectivity index (χ2v) is 6.24. The predicted octanol–water partition coefficient (Wildman–Crippen LogP) is 3.51. The van der Waals surface area contributed by atoms with Gasteiger partial charge in [0.15, 0.2) is 0 Å². The highest BCUT2D eigenvalue weighted by Crippen LogP contribution is 2.50. The highest BCUT2D eigenvalue weighted by molar-refractivity contribution is 5.83. The number of carbonyl (C=O) groups excluding carboxylic acids is 1. The second-order valence-electron chi connectivity index (χ2n) is 6.24. The van der Waals surface area contributed by atoms with Gasteiger partial charge < -0.3 is 4.90 Å². The van der Waals surface area contributed by atoms with Crippen molar-refractivity contribution in [2.45, 2.75) is 69.6 Å². The summed E-state index contributed by atoms with van der Waals surface area (Å²) in [6.45, 7) is 0. The van der Waals surface area contributed by atoms with Gasteiger partial charge in [-0.15, -0.1) is 0 Å². The molecule has 108 valence electrons. The van der Waals surface area contributed by atoms with E-state index in [1.807, 2.05) is 0 Å². The number of hydrogen-bond acceptors (Lipinski definition) is 1. The van der Waals surface area contributed by atoms with Crippen molar-refractivity contribution >= 4 is 5.91 Å². The minimum atomic E-state index is -4.71. The zero-order valence-corrected chi connectivity index (χ0v) is 11.0. The van der Waals surface area contributed by atoms with Gasteiger partial charge in [0.25, 0.3) is 0 Å². The quantitative estimate of drug-likeness (QED) is 0.662. The molecular weight excluding hydrogens is 255 g/mol. The van der Waals surface area contributed by atoms with Gasteiger partial charge in [-0.25, -0.2) is 0 Å². The lowest BCUT2D eigenvalue weighted by Gasteiger charge is -2.34. The van der Waals surface area contributed by atoms with Crippen LogP contribution < -0.4 is 0 Å². The molecule has 0 N–H and O–H groups in total. The average molecular weight is 275 g/mol. The molecule has 2 nitrogen and oxygen atoms in total. The molecular formula is C14H20F3NO. The molecule has 1 amide bonds. The van der Waals surface area contributed by atoms with Crippen LogP contribution in [0.2, 0.25) is 0 Å². The van der Waals surface area contributed by atoms with E-state index in [1.54, 1.807) is 0 Å². The van der Waals surface area contributed by atoms with Gasteiger partial charge in [0.1, 0.15) is 0 Å². The van der Waals surface area contributed by atoms with Gasteiger partial charge in [0, 0.05) is 12.1 Å². The van der Waals surface area contributed by atoms with Crippen molar-refractivity contribution in [2.75, 3.05) is 0 Å². The Bertz CT molecular complexity index is 346. The van der Waals surface area contributed by atoms with Crippen LogP contribution >= 0.6 is 0 Å². The molecule has 3 fully saturated rings. The normalized spacial score (nSPS) is 38.8. The zero-order valence-electron chi connectivity index (χ0n) is 11.0. The number of halogens is 3. The number of carbonyl (C=O) groups is 1. The molecule has 4 unspecified atom stereocenters. The van der Waals surface area contributed by atoms with Crippen LogP contribution in [0.4, 0.5) is 13.2 Å². The molecule has 4 atom stereocenters. The van der Waals surface area contributed by atoms with E-state index >= 15 is 0 Å². The molecule has 2 saturated carbocycles. The smallest absolute Gasteiger partial charge is 0.328 e. The van der Waals surface area contributed by atoms with Gasteiger partial charge in [-0.1, -0.05) is 25.7 Å². The number of nitrogens with zero attached hydrogens (tertiary/aromatic N) is 1. The molecule has 3 aliphatic rings. The maximum absolute atomic E-state index is 12.8. The van der Waals surface area contributed by atoms with E-state index < -0.39 is 12.1 Å². The first-order valence-corrected chi connectivity index (χ1v) is 7.39. The molecule has 19 heavy (non-hydrogen) atoms. The molecule has 0 aromatic rings. The molecule has 2 aliphatic carbocycles. The van der Waals surface area contributed by atoms with E-state index in [-0.39, 0.29) is 12.1 Å².